The number of hydrogen-bond donors (Lipinski definition) is 2. The fraction of sp³-hybridized carbons (Fsp3) is 0.367. The maximum Gasteiger partial charge on any atom is 0.303 e. The van der Waals surface area contributed by atoms with Crippen LogP contribution in [0.15, 0.2) is 60.9 Å². The molecule has 3 aromatic rings. The summed E-state index contributed by atoms with van der Waals surface area (Å²) in [5.74, 6) is -0.758. The van der Waals surface area contributed by atoms with Crippen LogP contribution < -0.4 is 5.32 Å². The predicted octanol–water partition coefficient (Wildman–Crippen LogP) is 6.13. The van der Waals surface area contributed by atoms with Crippen molar-refractivity contribution >= 4 is 17.6 Å². The third kappa shape index (κ3) is 6.18. The van der Waals surface area contributed by atoms with Crippen LogP contribution in [-0.2, 0) is 27.4 Å². The smallest absolute Gasteiger partial charge is 0.303 e. The van der Waals surface area contributed by atoms with Crippen LogP contribution in [-0.4, -0.2) is 29.1 Å². The Kier molecular flexibility index (Phi) is 8.49. The molecule has 1 aromatic heterocycles. The van der Waals surface area contributed by atoms with Gasteiger partial charge < -0.3 is 15.2 Å². The molecule has 1 fully saturated rings. The maximum atomic E-state index is 13.7. The van der Waals surface area contributed by atoms with Crippen molar-refractivity contribution in [1.82, 2.24) is 4.98 Å². The summed E-state index contributed by atoms with van der Waals surface area (Å²) in [5.41, 5.74) is 6.73. The van der Waals surface area contributed by atoms with Crippen LogP contribution in [0.25, 0.3) is 11.1 Å². The summed E-state index contributed by atoms with van der Waals surface area (Å²) in [7, 11) is 1.67. The first kappa shape index (κ1) is 25.6. The molecule has 6 heteroatoms. The maximum absolute atomic E-state index is 13.7. The number of aryl methyl sites for hydroxylation is 1. The molecule has 0 radical (unpaired) electrons. The van der Waals surface area contributed by atoms with E-state index in [-0.39, 0.29) is 18.2 Å². The highest BCUT2D eigenvalue weighted by Gasteiger charge is 2.32. The van der Waals surface area contributed by atoms with Crippen molar-refractivity contribution in [3.8, 4) is 11.1 Å². The number of aliphatic carboxylic acids is 1. The number of amides is 1. The molecular weight excluding hydrogens is 452 g/mol. The van der Waals surface area contributed by atoms with E-state index in [1.54, 1.807) is 13.3 Å². The van der Waals surface area contributed by atoms with Gasteiger partial charge in [-0.2, -0.15) is 0 Å². The zero-order chi connectivity index (χ0) is 25.5. The Morgan fingerprint density at radius 3 is 2.53 bits per heavy atom. The minimum atomic E-state index is -0.824. The molecule has 36 heavy (non-hydrogen) atoms. The van der Waals surface area contributed by atoms with Crippen molar-refractivity contribution in [3.63, 3.8) is 0 Å². The van der Waals surface area contributed by atoms with E-state index in [2.05, 4.69) is 40.6 Å². The lowest BCUT2D eigenvalue weighted by Gasteiger charge is -2.24. The van der Waals surface area contributed by atoms with Gasteiger partial charge in [-0.1, -0.05) is 49.2 Å². The average Bonchev–Trinajstić information content (AvgIpc) is 3.40. The number of aromatic nitrogens is 1. The van der Waals surface area contributed by atoms with E-state index in [0.29, 0.717) is 18.9 Å². The molecule has 6 nitrogen and oxygen atoms in total. The number of carboxylic acid groups (broad SMARTS) is 1. The molecule has 2 aromatic carbocycles. The first-order chi connectivity index (χ1) is 17.5. The third-order valence-electron chi connectivity index (χ3n) is 7.17. The van der Waals surface area contributed by atoms with Gasteiger partial charge in [-0.15, -0.1) is 0 Å². The fourth-order valence-electron chi connectivity index (χ4n) is 5.24. The summed E-state index contributed by atoms with van der Waals surface area (Å²) in [6.45, 7) is 2.46. The van der Waals surface area contributed by atoms with Crippen molar-refractivity contribution in [3.05, 3.63) is 83.2 Å². The highest BCUT2D eigenvalue weighted by atomic mass is 16.5. The monoisotopic (exact) mass is 486 g/mol. The van der Waals surface area contributed by atoms with Gasteiger partial charge in [0.2, 0.25) is 5.91 Å². The van der Waals surface area contributed by atoms with Crippen molar-refractivity contribution in [1.29, 1.82) is 0 Å². The molecule has 1 atom stereocenters. The standard InChI is InChI=1S/C30H34N2O4/c1-20-22(14-15-28(33)34)8-5-9-27(20)32-30(35)29(24-6-3-4-7-24)25-12-10-23(11-13-25)26-16-21(19-36-2)17-31-18-26/h5,8-13,16-18,24,29H,3-4,6-7,14-15,19H2,1-2H3,(H,32,35)(H,33,34). The number of carbonyl (C=O) groups is 2. The zero-order valence-electron chi connectivity index (χ0n) is 21.0. The van der Waals surface area contributed by atoms with Gasteiger partial charge in [0.05, 0.1) is 12.5 Å². The highest BCUT2D eigenvalue weighted by Crippen LogP contribution is 2.39. The third-order valence-corrected chi connectivity index (χ3v) is 7.17. The van der Waals surface area contributed by atoms with Gasteiger partial charge in [0.25, 0.3) is 0 Å². The second-order valence-electron chi connectivity index (χ2n) is 9.63. The molecule has 188 valence electrons. The van der Waals surface area contributed by atoms with E-state index in [9.17, 15) is 9.59 Å². The Bertz CT molecular complexity index is 1200. The van der Waals surface area contributed by atoms with E-state index in [1.165, 1.54) is 0 Å². The molecule has 0 spiro atoms. The van der Waals surface area contributed by atoms with Gasteiger partial charge in [0.1, 0.15) is 0 Å². The van der Waals surface area contributed by atoms with E-state index in [4.69, 9.17) is 9.84 Å². The summed E-state index contributed by atoms with van der Waals surface area (Å²) in [6.07, 6.45) is 8.54. The Hall–Kier alpha value is -3.51. The molecule has 0 aliphatic heterocycles. The summed E-state index contributed by atoms with van der Waals surface area (Å²) in [5, 5.41) is 12.2. The molecule has 1 aliphatic carbocycles. The highest BCUT2D eigenvalue weighted by molar-refractivity contribution is 5.97. The van der Waals surface area contributed by atoms with Gasteiger partial charge >= 0.3 is 5.97 Å². The van der Waals surface area contributed by atoms with Crippen LogP contribution in [0.4, 0.5) is 5.69 Å². The Labute approximate surface area is 212 Å². The molecule has 1 aliphatic rings. The molecule has 1 heterocycles. The number of rotatable bonds is 10. The second kappa shape index (κ2) is 12.0. The largest absolute Gasteiger partial charge is 0.481 e. The summed E-state index contributed by atoms with van der Waals surface area (Å²) in [6, 6.07) is 16.0. The second-order valence-corrected chi connectivity index (χ2v) is 9.63. The minimum Gasteiger partial charge on any atom is -0.481 e. The summed E-state index contributed by atoms with van der Waals surface area (Å²) in [4.78, 5) is 29.0. The van der Waals surface area contributed by atoms with Gasteiger partial charge in [0, 0.05) is 37.2 Å². The van der Waals surface area contributed by atoms with Gasteiger partial charge in [-0.3, -0.25) is 14.6 Å². The lowest BCUT2D eigenvalue weighted by molar-refractivity contribution is -0.137. The SMILES string of the molecule is COCc1cncc(-c2ccc(C(C(=O)Nc3cccc(CCC(=O)O)c3C)C3CCCC3)cc2)c1. The molecular formula is C30H34N2O4. The first-order valence-corrected chi connectivity index (χ1v) is 12.6. The Morgan fingerprint density at radius 1 is 1.08 bits per heavy atom. The Morgan fingerprint density at radius 2 is 1.83 bits per heavy atom. The summed E-state index contributed by atoms with van der Waals surface area (Å²) >= 11 is 0. The van der Waals surface area contributed by atoms with Crippen molar-refractivity contribution in [2.45, 2.75) is 58.0 Å². The van der Waals surface area contributed by atoms with E-state index >= 15 is 0 Å². The van der Waals surface area contributed by atoms with Crippen LogP contribution in [0.1, 0.15) is 60.3 Å². The average molecular weight is 487 g/mol. The lowest BCUT2D eigenvalue weighted by atomic mass is 9.83. The van der Waals surface area contributed by atoms with Crippen LogP contribution >= 0.6 is 0 Å². The number of nitrogens with one attached hydrogen (secondary N) is 1. The summed E-state index contributed by atoms with van der Waals surface area (Å²) < 4.78 is 5.23. The van der Waals surface area contributed by atoms with Crippen molar-refractivity contribution in [2.24, 2.45) is 5.92 Å². The number of hydrogen-bond acceptors (Lipinski definition) is 4. The van der Waals surface area contributed by atoms with Gasteiger partial charge in [-0.25, -0.2) is 0 Å². The van der Waals surface area contributed by atoms with E-state index in [0.717, 1.165) is 64.8 Å². The molecule has 4 rings (SSSR count). The quantitative estimate of drug-likeness (QED) is 0.360. The zero-order valence-corrected chi connectivity index (χ0v) is 21.0. The molecule has 0 bridgehead atoms. The molecule has 1 unspecified atom stereocenters. The van der Waals surface area contributed by atoms with Gasteiger partial charge in [-0.05, 0) is 72.1 Å². The van der Waals surface area contributed by atoms with Crippen molar-refractivity contribution < 1.29 is 19.4 Å². The number of anilines is 1. The minimum absolute atomic E-state index is 0.00288. The topological polar surface area (TPSA) is 88.5 Å². The van der Waals surface area contributed by atoms with Crippen LogP contribution in [0.5, 0.6) is 0 Å². The van der Waals surface area contributed by atoms with Crippen LogP contribution in [0.3, 0.4) is 0 Å². The molecule has 0 saturated heterocycles. The number of benzene rings is 2. The number of ether oxygens (including phenoxy) is 1. The molecule has 1 saturated carbocycles. The normalized spacial score (nSPS) is 14.5. The van der Waals surface area contributed by atoms with Crippen molar-refractivity contribution in [2.75, 3.05) is 12.4 Å². The first-order valence-electron chi connectivity index (χ1n) is 12.6. The lowest BCUT2D eigenvalue weighted by Crippen LogP contribution is -2.27. The number of nitrogens with zero attached hydrogens (tertiary/aromatic N) is 1. The van der Waals surface area contributed by atoms with Crippen LogP contribution in [0, 0.1) is 12.8 Å². The number of carboxylic acids is 1. The number of methoxy groups -OCH3 is 1. The van der Waals surface area contributed by atoms with Crippen LogP contribution in [0.2, 0.25) is 0 Å². The van der Waals surface area contributed by atoms with Gasteiger partial charge in [0.15, 0.2) is 0 Å². The Balaban J connectivity index is 1.57. The fourth-order valence-corrected chi connectivity index (χ4v) is 5.24. The number of carbonyl (C=O) groups excluding carboxylic acids is 1. The molecule has 2 N–H and O–H groups in total. The van der Waals surface area contributed by atoms with E-state index < -0.39 is 5.97 Å². The van der Waals surface area contributed by atoms with E-state index in [1.807, 2.05) is 31.3 Å². The number of pyridine rings is 1. The molecule has 1 amide bonds. The predicted molar refractivity (Wildman–Crippen MR) is 141 cm³/mol.